The van der Waals surface area contributed by atoms with Crippen LogP contribution in [0.5, 0.6) is 5.75 Å². The van der Waals surface area contributed by atoms with E-state index in [-0.39, 0.29) is 11.7 Å². The number of hydrogen-bond acceptors (Lipinski definition) is 5. The maximum absolute atomic E-state index is 11.4. The quantitative estimate of drug-likeness (QED) is 0.881. The van der Waals surface area contributed by atoms with Gasteiger partial charge >= 0.3 is 5.69 Å². The van der Waals surface area contributed by atoms with Gasteiger partial charge in [0.1, 0.15) is 5.75 Å². The van der Waals surface area contributed by atoms with Crippen LogP contribution in [0.2, 0.25) is 0 Å². The van der Waals surface area contributed by atoms with Gasteiger partial charge < -0.3 is 10.5 Å². The second-order valence-electron chi connectivity index (χ2n) is 4.13. The molecule has 0 fully saturated rings. The van der Waals surface area contributed by atoms with Crippen LogP contribution in [0.25, 0.3) is 0 Å². The van der Waals surface area contributed by atoms with Gasteiger partial charge in [0.2, 0.25) is 0 Å². The first-order valence-corrected chi connectivity index (χ1v) is 6.58. The molecule has 0 aliphatic heterocycles. The van der Waals surface area contributed by atoms with E-state index in [4.69, 9.17) is 10.5 Å². The van der Waals surface area contributed by atoms with E-state index in [1.165, 1.54) is 16.3 Å². The van der Waals surface area contributed by atoms with Crippen molar-refractivity contribution in [1.29, 1.82) is 0 Å². The number of rotatable bonds is 4. The molecule has 1 atom stereocenters. The van der Waals surface area contributed by atoms with Crippen molar-refractivity contribution in [3.8, 4) is 5.75 Å². The van der Waals surface area contributed by atoms with Crippen molar-refractivity contribution >= 4 is 11.8 Å². The van der Waals surface area contributed by atoms with E-state index >= 15 is 0 Å². The molecule has 0 saturated carbocycles. The first-order chi connectivity index (χ1) is 9.04. The average Bonchev–Trinajstić information content (AvgIpc) is 2.70. The van der Waals surface area contributed by atoms with Crippen molar-refractivity contribution in [2.45, 2.75) is 23.0 Å². The van der Waals surface area contributed by atoms with Crippen LogP contribution in [-0.4, -0.2) is 21.9 Å². The molecule has 19 heavy (non-hydrogen) atoms. The normalized spacial score (nSPS) is 12.4. The fourth-order valence-electron chi connectivity index (χ4n) is 1.76. The molecule has 0 saturated heterocycles. The minimum atomic E-state index is -0.243. The molecule has 0 aliphatic rings. The second kappa shape index (κ2) is 5.50. The van der Waals surface area contributed by atoms with Gasteiger partial charge in [-0.25, -0.2) is 9.89 Å². The van der Waals surface area contributed by atoms with Crippen LogP contribution in [0.15, 0.2) is 33.0 Å². The Kier molecular flexibility index (Phi) is 3.96. The van der Waals surface area contributed by atoms with Crippen LogP contribution >= 0.6 is 11.8 Å². The van der Waals surface area contributed by atoms with Crippen LogP contribution in [0.3, 0.4) is 0 Å². The van der Waals surface area contributed by atoms with Crippen molar-refractivity contribution in [3.63, 3.8) is 0 Å². The number of aromatic nitrogens is 3. The summed E-state index contributed by atoms with van der Waals surface area (Å²) in [7, 11) is 3.28. The molecule has 2 rings (SSSR count). The van der Waals surface area contributed by atoms with Crippen molar-refractivity contribution < 1.29 is 4.74 Å². The van der Waals surface area contributed by atoms with E-state index < -0.39 is 0 Å². The maximum Gasteiger partial charge on any atom is 0.343 e. The van der Waals surface area contributed by atoms with E-state index in [0.717, 1.165) is 16.2 Å². The predicted molar refractivity (Wildman–Crippen MR) is 73.5 cm³/mol. The third-order valence-electron chi connectivity index (χ3n) is 2.74. The molecule has 7 heteroatoms. The lowest BCUT2D eigenvalue weighted by atomic mass is 10.1. The van der Waals surface area contributed by atoms with E-state index in [1.807, 2.05) is 25.1 Å². The van der Waals surface area contributed by atoms with Gasteiger partial charge in [-0.2, -0.15) is 0 Å². The Morgan fingerprint density at radius 3 is 2.79 bits per heavy atom. The summed E-state index contributed by atoms with van der Waals surface area (Å²) in [6.07, 6.45) is 0. The number of aromatic amines is 1. The summed E-state index contributed by atoms with van der Waals surface area (Å²) in [5, 5.41) is 6.97. The molecular weight excluding hydrogens is 264 g/mol. The Morgan fingerprint density at radius 2 is 2.26 bits per heavy atom. The number of H-pyrrole nitrogens is 1. The molecule has 1 aromatic carbocycles. The third-order valence-corrected chi connectivity index (χ3v) is 3.87. The highest BCUT2D eigenvalue weighted by Gasteiger charge is 2.16. The number of ether oxygens (including phenoxy) is 1. The highest BCUT2D eigenvalue weighted by Crippen LogP contribution is 2.36. The van der Waals surface area contributed by atoms with Crippen LogP contribution in [0, 0.1) is 0 Å². The van der Waals surface area contributed by atoms with Crippen LogP contribution in [0.4, 0.5) is 0 Å². The molecule has 1 heterocycles. The number of nitrogens with two attached hydrogens (primary N) is 1. The van der Waals surface area contributed by atoms with Crippen LogP contribution in [0.1, 0.15) is 18.5 Å². The smallest absolute Gasteiger partial charge is 0.343 e. The van der Waals surface area contributed by atoms with E-state index in [9.17, 15) is 4.79 Å². The SMILES string of the molecule is COc1cccc(Sc2n[nH]c(=O)n2C)c1C(C)N. The Bertz CT molecular complexity index is 633. The molecule has 102 valence electrons. The highest BCUT2D eigenvalue weighted by atomic mass is 32.2. The number of methoxy groups -OCH3 is 1. The van der Waals surface area contributed by atoms with Crippen molar-refractivity contribution in [2.75, 3.05) is 7.11 Å². The zero-order chi connectivity index (χ0) is 14.0. The summed E-state index contributed by atoms with van der Waals surface area (Å²) in [6, 6.07) is 5.52. The summed E-state index contributed by atoms with van der Waals surface area (Å²) < 4.78 is 6.78. The number of nitrogens with one attached hydrogen (secondary N) is 1. The summed E-state index contributed by atoms with van der Waals surface area (Å²) >= 11 is 1.38. The average molecular weight is 280 g/mol. The molecule has 0 amide bonds. The van der Waals surface area contributed by atoms with Gasteiger partial charge in [0, 0.05) is 23.5 Å². The zero-order valence-corrected chi connectivity index (χ0v) is 11.8. The lowest BCUT2D eigenvalue weighted by Crippen LogP contribution is -2.13. The molecular formula is C12H16N4O2S. The van der Waals surface area contributed by atoms with Crippen LogP contribution < -0.4 is 16.2 Å². The summed E-state index contributed by atoms with van der Waals surface area (Å²) in [4.78, 5) is 12.3. The number of benzene rings is 1. The van der Waals surface area contributed by atoms with E-state index in [0.29, 0.717) is 5.16 Å². The third kappa shape index (κ3) is 2.66. The van der Waals surface area contributed by atoms with Gasteiger partial charge in [0.05, 0.1) is 7.11 Å². The topological polar surface area (TPSA) is 85.9 Å². The molecule has 0 aliphatic carbocycles. The van der Waals surface area contributed by atoms with Gasteiger partial charge in [0.15, 0.2) is 5.16 Å². The first-order valence-electron chi connectivity index (χ1n) is 5.76. The Morgan fingerprint density at radius 1 is 1.53 bits per heavy atom. The maximum atomic E-state index is 11.4. The molecule has 0 bridgehead atoms. The monoisotopic (exact) mass is 280 g/mol. The first kappa shape index (κ1) is 13.7. The molecule has 3 N–H and O–H groups in total. The van der Waals surface area contributed by atoms with E-state index in [1.54, 1.807) is 14.2 Å². The lowest BCUT2D eigenvalue weighted by molar-refractivity contribution is 0.405. The molecule has 0 spiro atoms. The summed E-state index contributed by atoms with van der Waals surface area (Å²) in [5.74, 6) is 0.737. The standard InChI is InChI=1S/C12H16N4O2S/c1-7(13)10-8(18-3)5-4-6-9(10)19-12-15-14-11(17)16(12)2/h4-7H,13H2,1-3H3,(H,14,17). The predicted octanol–water partition coefficient (Wildman–Crippen LogP) is 1.29. The second-order valence-corrected chi connectivity index (χ2v) is 5.14. The van der Waals surface area contributed by atoms with Gasteiger partial charge in [0.25, 0.3) is 0 Å². The largest absolute Gasteiger partial charge is 0.496 e. The molecule has 1 unspecified atom stereocenters. The number of hydrogen-bond donors (Lipinski definition) is 2. The molecule has 0 radical (unpaired) electrons. The van der Waals surface area contributed by atoms with Gasteiger partial charge in [-0.15, -0.1) is 5.10 Å². The van der Waals surface area contributed by atoms with E-state index in [2.05, 4.69) is 10.2 Å². The van der Waals surface area contributed by atoms with Crippen LogP contribution in [-0.2, 0) is 7.05 Å². The molecule has 1 aromatic heterocycles. The van der Waals surface area contributed by atoms with Gasteiger partial charge in [-0.1, -0.05) is 6.07 Å². The molecule has 2 aromatic rings. The minimum absolute atomic E-state index is 0.172. The summed E-state index contributed by atoms with van der Waals surface area (Å²) in [6.45, 7) is 1.89. The van der Waals surface area contributed by atoms with Gasteiger partial charge in [-0.3, -0.25) is 4.57 Å². The zero-order valence-electron chi connectivity index (χ0n) is 11.0. The van der Waals surface area contributed by atoms with Crippen molar-refractivity contribution in [3.05, 3.63) is 34.2 Å². The Hall–Kier alpha value is -1.73. The minimum Gasteiger partial charge on any atom is -0.496 e. The fraction of sp³-hybridized carbons (Fsp3) is 0.333. The van der Waals surface area contributed by atoms with Crippen molar-refractivity contribution in [1.82, 2.24) is 14.8 Å². The number of nitrogens with zero attached hydrogens (tertiary/aromatic N) is 2. The van der Waals surface area contributed by atoms with Crippen molar-refractivity contribution in [2.24, 2.45) is 12.8 Å². The molecule has 6 nitrogen and oxygen atoms in total. The lowest BCUT2D eigenvalue weighted by Gasteiger charge is -2.15. The Labute approximate surface area is 115 Å². The Balaban J connectivity index is 2.45. The highest BCUT2D eigenvalue weighted by molar-refractivity contribution is 7.99. The fourth-order valence-corrected chi connectivity index (χ4v) is 2.81. The summed E-state index contributed by atoms with van der Waals surface area (Å²) in [5.41, 5.74) is 6.66. The van der Waals surface area contributed by atoms with Gasteiger partial charge in [-0.05, 0) is 30.8 Å².